The maximum Gasteiger partial charge on any atom is 0.255 e. The summed E-state index contributed by atoms with van der Waals surface area (Å²) < 4.78 is 5.77. The second-order valence-electron chi connectivity index (χ2n) is 6.62. The summed E-state index contributed by atoms with van der Waals surface area (Å²) in [6.45, 7) is 3.67. The van der Waals surface area contributed by atoms with E-state index in [2.05, 4.69) is 10.6 Å². The largest absolute Gasteiger partial charge is 0.457 e. The second kappa shape index (κ2) is 8.86. The van der Waals surface area contributed by atoms with Crippen molar-refractivity contribution in [2.75, 3.05) is 10.6 Å². The molecule has 0 atom stereocenters. The molecule has 0 bridgehead atoms. The maximum absolute atomic E-state index is 12.5. The first kappa shape index (κ1) is 19.2. The number of carbonyl (C=O) groups is 2. The van der Waals surface area contributed by atoms with Gasteiger partial charge in [-0.2, -0.15) is 0 Å². The van der Waals surface area contributed by atoms with Gasteiger partial charge in [-0.1, -0.05) is 38.1 Å². The molecule has 3 aromatic carbocycles. The number of carbonyl (C=O) groups excluding carboxylic acids is 2. The molecule has 0 spiro atoms. The quantitative estimate of drug-likeness (QED) is 0.613. The molecule has 0 aliphatic rings. The lowest BCUT2D eigenvalue weighted by Gasteiger charge is -2.10. The van der Waals surface area contributed by atoms with E-state index in [1.165, 1.54) is 0 Å². The molecule has 5 nitrogen and oxygen atoms in total. The van der Waals surface area contributed by atoms with Crippen LogP contribution in [0.3, 0.4) is 0 Å². The number of rotatable bonds is 6. The Hall–Kier alpha value is -3.60. The number of nitrogens with one attached hydrogen (secondary N) is 2. The molecule has 142 valence electrons. The van der Waals surface area contributed by atoms with Gasteiger partial charge in [0.2, 0.25) is 5.91 Å². The van der Waals surface area contributed by atoms with Crippen LogP contribution in [0.2, 0.25) is 0 Å². The van der Waals surface area contributed by atoms with Crippen molar-refractivity contribution >= 4 is 23.2 Å². The van der Waals surface area contributed by atoms with Gasteiger partial charge in [0.25, 0.3) is 5.91 Å². The predicted molar refractivity (Wildman–Crippen MR) is 111 cm³/mol. The fraction of sp³-hybridized carbons (Fsp3) is 0.130. The van der Waals surface area contributed by atoms with Crippen molar-refractivity contribution in [1.29, 1.82) is 0 Å². The first-order valence-corrected chi connectivity index (χ1v) is 9.06. The van der Waals surface area contributed by atoms with Gasteiger partial charge in [0, 0.05) is 22.9 Å². The highest BCUT2D eigenvalue weighted by Gasteiger charge is 2.09. The summed E-state index contributed by atoms with van der Waals surface area (Å²) in [4.78, 5) is 24.3. The Morgan fingerprint density at radius 2 is 1.36 bits per heavy atom. The Labute approximate surface area is 164 Å². The number of para-hydroxylation sites is 1. The molecule has 0 saturated carbocycles. The predicted octanol–water partition coefficient (Wildman–Crippen LogP) is 5.33. The van der Waals surface area contributed by atoms with Crippen LogP contribution in [-0.2, 0) is 4.79 Å². The van der Waals surface area contributed by atoms with Crippen LogP contribution in [0.4, 0.5) is 11.4 Å². The number of benzene rings is 3. The standard InChI is InChI=1S/C23H22N2O3/c1-16(2)22(26)24-18-11-13-19(14-12-18)25-23(27)17-7-6-10-21(15-17)28-20-8-4-3-5-9-20/h3-16H,1-2H3,(H,24,26)(H,25,27). The molecule has 28 heavy (non-hydrogen) atoms. The molecule has 0 aromatic heterocycles. The molecular formula is C23H22N2O3. The lowest BCUT2D eigenvalue weighted by molar-refractivity contribution is -0.118. The zero-order valence-corrected chi connectivity index (χ0v) is 15.8. The van der Waals surface area contributed by atoms with Crippen molar-refractivity contribution in [3.05, 3.63) is 84.4 Å². The Bertz CT molecular complexity index is 951. The van der Waals surface area contributed by atoms with E-state index in [0.717, 1.165) is 0 Å². The van der Waals surface area contributed by atoms with E-state index >= 15 is 0 Å². The molecule has 0 unspecified atom stereocenters. The third kappa shape index (κ3) is 5.20. The van der Waals surface area contributed by atoms with Crippen LogP contribution in [0, 0.1) is 5.92 Å². The summed E-state index contributed by atoms with van der Waals surface area (Å²) in [5.74, 6) is 0.916. The van der Waals surface area contributed by atoms with Crippen molar-refractivity contribution in [3.8, 4) is 11.5 Å². The lowest BCUT2D eigenvalue weighted by Crippen LogP contribution is -2.17. The molecule has 3 rings (SSSR count). The maximum atomic E-state index is 12.5. The van der Waals surface area contributed by atoms with Crippen LogP contribution in [0.15, 0.2) is 78.9 Å². The molecule has 3 aromatic rings. The van der Waals surface area contributed by atoms with Gasteiger partial charge in [-0.05, 0) is 54.6 Å². The molecule has 5 heteroatoms. The monoisotopic (exact) mass is 374 g/mol. The van der Waals surface area contributed by atoms with Crippen molar-refractivity contribution in [2.24, 2.45) is 5.92 Å². The van der Waals surface area contributed by atoms with Gasteiger partial charge in [-0.3, -0.25) is 9.59 Å². The minimum absolute atomic E-state index is 0.0491. The normalized spacial score (nSPS) is 10.4. The number of anilines is 2. The highest BCUT2D eigenvalue weighted by atomic mass is 16.5. The smallest absolute Gasteiger partial charge is 0.255 e. The van der Waals surface area contributed by atoms with Crippen molar-refractivity contribution < 1.29 is 14.3 Å². The Kier molecular flexibility index (Phi) is 6.07. The lowest BCUT2D eigenvalue weighted by atomic mass is 10.2. The van der Waals surface area contributed by atoms with Crippen LogP contribution in [0.25, 0.3) is 0 Å². The second-order valence-corrected chi connectivity index (χ2v) is 6.62. The topological polar surface area (TPSA) is 67.4 Å². The summed E-state index contributed by atoms with van der Waals surface area (Å²) in [6.07, 6.45) is 0. The van der Waals surface area contributed by atoms with Gasteiger partial charge in [-0.15, -0.1) is 0 Å². The third-order valence-corrected chi connectivity index (χ3v) is 4.01. The molecule has 0 saturated heterocycles. The van der Waals surface area contributed by atoms with Crippen LogP contribution in [-0.4, -0.2) is 11.8 Å². The van der Waals surface area contributed by atoms with Crippen LogP contribution in [0.1, 0.15) is 24.2 Å². The zero-order chi connectivity index (χ0) is 19.9. The SMILES string of the molecule is CC(C)C(=O)Nc1ccc(NC(=O)c2cccc(Oc3ccccc3)c2)cc1. The molecule has 0 aliphatic heterocycles. The fourth-order valence-electron chi connectivity index (χ4n) is 2.45. The van der Waals surface area contributed by atoms with Crippen molar-refractivity contribution in [3.63, 3.8) is 0 Å². The zero-order valence-electron chi connectivity index (χ0n) is 15.8. The fourth-order valence-corrected chi connectivity index (χ4v) is 2.45. The van der Waals surface area contributed by atoms with E-state index in [4.69, 9.17) is 4.74 Å². The molecule has 2 amide bonds. The summed E-state index contributed by atoms with van der Waals surface area (Å²) in [5.41, 5.74) is 1.82. The molecule has 0 fully saturated rings. The average Bonchev–Trinajstić information content (AvgIpc) is 2.70. The third-order valence-electron chi connectivity index (χ3n) is 4.01. The summed E-state index contributed by atoms with van der Waals surface area (Å²) >= 11 is 0. The highest BCUT2D eigenvalue weighted by Crippen LogP contribution is 2.22. The van der Waals surface area contributed by atoms with E-state index in [0.29, 0.717) is 28.4 Å². The first-order chi connectivity index (χ1) is 13.5. The van der Waals surface area contributed by atoms with Crippen molar-refractivity contribution in [2.45, 2.75) is 13.8 Å². The molecule has 0 heterocycles. The molecule has 2 N–H and O–H groups in total. The van der Waals surface area contributed by atoms with Gasteiger partial charge < -0.3 is 15.4 Å². The van der Waals surface area contributed by atoms with E-state index in [1.54, 1.807) is 48.5 Å². The first-order valence-electron chi connectivity index (χ1n) is 9.06. The van der Waals surface area contributed by atoms with E-state index in [1.807, 2.05) is 44.2 Å². The average molecular weight is 374 g/mol. The number of hydrogen-bond acceptors (Lipinski definition) is 3. The van der Waals surface area contributed by atoms with E-state index in [9.17, 15) is 9.59 Å². The number of ether oxygens (including phenoxy) is 1. The highest BCUT2D eigenvalue weighted by molar-refractivity contribution is 6.04. The van der Waals surface area contributed by atoms with Gasteiger partial charge in [0.15, 0.2) is 0 Å². The minimum Gasteiger partial charge on any atom is -0.457 e. The van der Waals surface area contributed by atoms with Crippen LogP contribution in [0.5, 0.6) is 11.5 Å². The van der Waals surface area contributed by atoms with Gasteiger partial charge in [0.05, 0.1) is 0 Å². The van der Waals surface area contributed by atoms with Gasteiger partial charge in [0.1, 0.15) is 11.5 Å². The summed E-state index contributed by atoms with van der Waals surface area (Å²) in [6, 6.07) is 23.4. The Morgan fingerprint density at radius 1 is 0.750 bits per heavy atom. The van der Waals surface area contributed by atoms with E-state index in [-0.39, 0.29) is 17.7 Å². The number of amides is 2. The van der Waals surface area contributed by atoms with Crippen LogP contribution >= 0.6 is 0 Å². The molecule has 0 aliphatic carbocycles. The Balaban J connectivity index is 1.64. The van der Waals surface area contributed by atoms with E-state index < -0.39 is 0 Å². The van der Waals surface area contributed by atoms with Gasteiger partial charge in [-0.25, -0.2) is 0 Å². The minimum atomic E-state index is -0.238. The Morgan fingerprint density at radius 3 is 2.00 bits per heavy atom. The summed E-state index contributed by atoms with van der Waals surface area (Å²) in [5, 5.41) is 5.66. The molecular weight excluding hydrogens is 352 g/mol. The van der Waals surface area contributed by atoms with Crippen LogP contribution < -0.4 is 15.4 Å². The molecule has 0 radical (unpaired) electrons. The van der Waals surface area contributed by atoms with Gasteiger partial charge >= 0.3 is 0 Å². The van der Waals surface area contributed by atoms with Crippen molar-refractivity contribution in [1.82, 2.24) is 0 Å². The number of hydrogen-bond donors (Lipinski definition) is 2. The summed E-state index contributed by atoms with van der Waals surface area (Å²) in [7, 11) is 0.